The summed E-state index contributed by atoms with van der Waals surface area (Å²) >= 11 is 5.95. The molecule has 1 fully saturated rings. The molecule has 1 N–H and O–H groups in total. The third-order valence-corrected chi connectivity index (χ3v) is 4.33. The number of aryl methyl sites for hydroxylation is 1. The predicted molar refractivity (Wildman–Crippen MR) is 92.5 cm³/mol. The topological polar surface area (TPSA) is 58.9 Å². The Hall–Kier alpha value is -2.34. The van der Waals surface area contributed by atoms with Crippen LogP contribution in [0, 0.1) is 0 Å². The molecule has 4 rings (SSSR count). The first-order valence-electron chi connectivity index (χ1n) is 7.68. The van der Waals surface area contributed by atoms with Crippen LogP contribution in [0.3, 0.4) is 0 Å². The van der Waals surface area contributed by atoms with Crippen molar-refractivity contribution >= 4 is 40.1 Å². The minimum Gasteiger partial charge on any atom is -0.341 e. The fraction of sp³-hybridized carbons (Fsp3) is 0.312. The van der Waals surface area contributed by atoms with Crippen LogP contribution in [-0.2, 0) is 7.05 Å². The molecule has 7 heteroatoms. The second-order valence-electron chi connectivity index (χ2n) is 5.70. The number of rotatable bonds is 3. The third-order valence-electron chi connectivity index (χ3n) is 4.08. The van der Waals surface area contributed by atoms with Gasteiger partial charge in [0.25, 0.3) is 0 Å². The number of hydrogen-bond donors (Lipinski definition) is 1. The molecule has 0 amide bonds. The normalized spacial score (nSPS) is 14.6. The van der Waals surface area contributed by atoms with E-state index in [1.807, 2.05) is 31.3 Å². The lowest BCUT2D eigenvalue weighted by Crippen LogP contribution is -2.21. The Balaban J connectivity index is 1.78. The summed E-state index contributed by atoms with van der Waals surface area (Å²) in [5.41, 5.74) is 1.77. The first kappa shape index (κ1) is 14.3. The van der Waals surface area contributed by atoms with Gasteiger partial charge in [-0.25, -0.2) is 0 Å². The Labute approximate surface area is 139 Å². The van der Waals surface area contributed by atoms with Crippen LogP contribution >= 0.6 is 11.6 Å². The van der Waals surface area contributed by atoms with Crippen LogP contribution in [0.1, 0.15) is 12.8 Å². The van der Waals surface area contributed by atoms with E-state index in [2.05, 4.69) is 20.3 Å². The van der Waals surface area contributed by atoms with Crippen molar-refractivity contribution in [3.63, 3.8) is 0 Å². The highest BCUT2D eigenvalue weighted by Crippen LogP contribution is 2.27. The summed E-state index contributed by atoms with van der Waals surface area (Å²) in [5.74, 6) is 1.53. The number of nitrogens with one attached hydrogen (secondary N) is 1. The summed E-state index contributed by atoms with van der Waals surface area (Å²) in [6, 6.07) is 7.57. The highest BCUT2D eigenvalue weighted by Gasteiger charge is 2.19. The van der Waals surface area contributed by atoms with Gasteiger partial charge in [0.2, 0.25) is 5.95 Å². The quantitative estimate of drug-likeness (QED) is 0.799. The number of aromatic nitrogens is 4. The molecule has 0 aliphatic carbocycles. The van der Waals surface area contributed by atoms with Crippen LogP contribution in [0.4, 0.5) is 17.5 Å². The molecule has 0 unspecified atom stereocenters. The van der Waals surface area contributed by atoms with Gasteiger partial charge in [0.05, 0.1) is 11.6 Å². The second kappa shape index (κ2) is 5.70. The highest BCUT2D eigenvalue weighted by atomic mass is 35.5. The molecule has 1 aromatic carbocycles. The summed E-state index contributed by atoms with van der Waals surface area (Å²) in [7, 11) is 1.90. The maximum absolute atomic E-state index is 5.95. The monoisotopic (exact) mass is 328 g/mol. The Kier molecular flexibility index (Phi) is 3.53. The number of nitrogens with zero attached hydrogens (tertiary/aromatic N) is 5. The van der Waals surface area contributed by atoms with Crippen molar-refractivity contribution in [1.29, 1.82) is 0 Å². The van der Waals surface area contributed by atoms with Gasteiger partial charge in [-0.3, -0.25) is 4.68 Å². The Morgan fingerprint density at radius 3 is 2.57 bits per heavy atom. The molecule has 1 saturated heterocycles. The average Bonchev–Trinajstić information content (AvgIpc) is 3.20. The van der Waals surface area contributed by atoms with Crippen molar-refractivity contribution in [2.75, 3.05) is 23.3 Å². The molecule has 0 saturated carbocycles. The SMILES string of the molecule is Cn1ncc2c(Nc3ccc(Cl)cc3)nc(N3CCCC3)nc21. The Morgan fingerprint density at radius 1 is 1.09 bits per heavy atom. The second-order valence-corrected chi connectivity index (χ2v) is 6.14. The van der Waals surface area contributed by atoms with Gasteiger partial charge < -0.3 is 10.2 Å². The molecule has 0 bridgehead atoms. The predicted octanol–water partition coefficient (Wildman–Crippen LogP) is 3.36. The van der Waals surface area contributed by atoms with Gasteiger partial charge in [0.15, 0.2) is 5.65 Å². The number of hydrogen-bond acceptors (Lipinski definition) is 5. The number of anilines is 3. The van der Waals surface area contributed by atoms with Gasteiger partial charge in [0, 0.05) is 30.8 Å². The van der Waals surface area contributed by atoms with Gasteiger partial charge in [-0.2, -0.15) is 15.1 Å². The molecule has 0 atom stereocenters. The van der Waals surface area contributed by atoms with Crippen molar-refractivity contribution in [3.8, 4) is 0 Å². The summed E-state index contributed by atoms with van der Waals surface area (Å²) < 4.78 is 1.78. The third kappa shape index (κ3) is 2.70. The largest absolute Gasteiger partial charge is 0.341 e. The van der Waals surface area contributed by atoms with E-state index < -0.39 is 0 Å². The van der Waals surface area contributed by atoms with E-state index >= 15 is 0 Å². The number of fused-ring (bicyclic) bond motifs is 1. The summed E-state index contributed by atoms with van der Waals surface area (Å²) in [4.78, 5) is 11.6. The van der Waals surface area contributed by atoms with Crippen molar-refractivity contribution in [1.82, 2.24) is 19.7 Å². The number of benzene rings is 1. The van der Waals surface area contributed by atoms with Crippen molar-refractivity contribution in [2.24, 2.45) is 7.05 Å². The van der Waals surface area contributed by atoms with E-state index in [0.29, 0.717) is 5.02 Å². The molecular weight excluding hydrogens is 312 g/mol. The zero-order valence-corrected chi connectivity index (χ0v) is 13.6. The molecule has 23 heavy (non-hydrogen) atoms. The molecule has 2 aromatic heterocycles. The molecule has 6 nitrogen and oxygen atoms in total. The fourth-order valence-corrected chi connectivity index (χ4v) is 2.96. The lowest BCUT2D eigenvalue weighted by Gasteiger charge is -2.17. The molecular formula is C16H17ClN6. The molecule has 118 valence electrons. The zero-order chi connectivity index (χ0) is 15.8. The molecule has 3 heterocycles. The summed E-state index contributed by atoms with van der Waals surface area (Å²) in [6.45, 7) is 2.01. The van der Waals surface area contributed by atoms with Crippen LogP contribution in [0.2, 0.25) is 5.02 Å². The lowest BCUT2D eigenvalue weighted by molar-refractivity contribution is 0.782. The summed E-state index contributed by atoms with van der Waals surface area (Å²) in [5, 5.41) is 9.29. The first-order valence-corrected chi connectivity index (χ1v) is 8.06. The van der Waals surface area contributed by atoms with Crippen molar-refractivity contribution < 1.29 is 0 Å². The van der Waals surface area contributed by atoms with Gasteiger partial charge in [0.1, 0.15) is 5.82 Å². The lowest BCUT2D eigenvalue weighted by atomic mass is 10.3. The van der Waals surface area contributed by atoms with Crippen molar-refractivity contribution in [2.45, 2.75) is 12.8 Å². The zero-order valence-electron chi connectivity index (χ0n) is 12.8. The van der Waals surface area contributed by atoms with Gasteiger partial charge >= 0.3 is 0 Å². The first-order chi connectivity index (χ1) is 11.2. The van der Waals surface area contributed by atoms with Crippen LogP contribution in [0.25, 0.3) is 11.0 Å². The maximum Gasteiger partial charge on any atom is 0.229 e. The van der Waals surface area contributed by atoms with E-state index in [1.165, 1.54) is 12.8 Å². The van der Waals surface area contributed by atoms with Crippen molar-refractivity contribution in [3.05, 3.63) is 35.5 Å². The van der Waals surface area contributed by atoms with Crippen LogP contribution in [-0.4, -0.2) is 32.8 Å². The minimum atomic E-state index is 0.711. The number of halogens is 1. The van der Waals surface area contributed by atoms with Gasteiger partial charge in [-0.15, -0.1) is 0 Å². The standard InChI is InChI=1S/C16H17ClN6/c1-22-15-13(10-18-22)14(19-12-6-4-11(17)5-7-12)20-16(21-15)23-8-2-3-9-23/h4-7,10H,2-3,8-9H2,1H3,(H,19,20,21). The van der Waals surface area contributed by atoms with Crippen LogP contribution in [0.5, 0.6) is 0 Å². The van der Waals surface area contributed by atoms with Crippen LogP contribution in [0.15, 0.2) is 30.5 Å². The van der Waals surface area contributed by atoms with E-state index in [9.17, 15) is 0 Å². The van der Waals surface area contributed by atoms with Crippen LogP contribution < -0.4 is 10.2 Å². The Bertz CT molecular complexity index is 836. The molecule has 1 aliphatic heterocycles. The average molecular weight is 329 g/mol. The molecule has 1 aliphatic rings. The van der Waals surface area contributed by atoms with Gasteiger partial charge in [-0.1, -0.05) is 11.6 Å². The minimum absolute atomic E-state index is 0.711. The fourth-order valence-electron chi connectivity index (χ4n) is 2.83. The van der Waals surface area contributed by atoms with E-state index in [4.69, 9.17) is 16.6 Å². The maximum atomic E-state index is 5.95. The van der Waals surface area contributed by atoms with E-state index in [-0.39, 0.29) is 0 Å². The highest BCUT2D eigenvalue weighted by molar-refractivity contribution is 6.30. The van der Waals surface area contributed by atoms with Gasteiger partial charge in [-0.05, 0) is 37.1 Å². The van der Waals surface area contributed by atoms with E-state index in [1.54, 1.807) is 10.9 Å². The van der Waals surface area contributed by atoms with E-state index in [0.717, 1.165) is 41.6 Å². The molecule has 0 spiro atoms. The molecule has 0 radical (unpaired) electrons. The Morgan fingerprint density at radius 2 is 1.83 bits per heavy atom. The smallest absolute Gasteiger partial charge is 0.229 e. The summed E-state index contributed by atoms with van der Waals surface area (Å²) in [6.07, 6.45) is 4.17. The molecule has 3 aromatic rings.